The van der Waals surface area contributed by atoms with Crippen molar-refractivity contribution in [2.24, 2.45) is 5.10 Å². The Bertz CT molecular complexity index is 1210. The molecule has 2 aromatic carbocycles. The van der Waals surface area contributed by atoms with Crippen molar-refractivity contribution < 1.29 is 9.13 Å². The van der Waals surface area contributed by atoms with E-state index in [-0.39, 0.29) is 5.69 Å². The molecule has 0 fully saturated rings. The maximum atomic E-state index is 14.8. The summed E-state index contributed by atoms with van der Waals surface area (Å²) < 4.78 is 22.4. The lowest BCUT2D eigenvalue weighted by Gasteiger charge is -2.21. The Kier molecular flexibility index (Phi) is 5.26. The van der Waals surface area contributed by atoms with Gasteiger partial charge in [0.05, 0.1) is 17.8 Å². The van der Waals surface area contributed by atoms with Crippen LogP contribution in [0.2, 0.25) is 0 Å². The lowest BCUT2D eigenvalue weighted by molar-refractivity contribution is 0.343. The van der Waals surface area contributed by atoms with Gasteiger partial charge in [0, 0.05) is 22.6 Å². The number of hydrazone groups is 1. The third-order valence-electron chi connectivity index (χ3n) is 4.31. The number of nitrogens with zero attached hydrogens (tertiary/aromatic N) is 6. The third-order valence-corrected chi connectivity index (χ3v) is 4.81. The number of hydrogen-bond donors (Lipinski definition) is 1. The van der Waals surface area contributed by atoms with Gasteiger partial charge in [-0.25, -0.2) is 4.39 Å². The van der Waals surface area contributed by atoms with Crippen molar-refractivity contribution in [3.63, 3.8) is 0 Å². The molecule has 0 aliphatic rings. The smallest absolute Gasteiger partial charge is 0.257 e. The highest BCUT2D eigenvalue weighted by Gasteiger charge is 2.17. The highest BCUT2D eigenvalue weighted by molar-refractivity contribution is 9.10. The molecule has 10 heteroatoms. The third kappa shape index (κ3) is 3.70. The second-order valence-electron chi connectivity index (χ2n) is 6.13. The predicted molar refractivity (Wildman–Crippen MR) is 114 cm³/mol. The van der Waals surface area contributed by atoms with Crippen LogP contribution >= 0.6 is 15.9 Å². The first kappa shape index (κ1) is 19.1. The normalized spacial score (nSPS) is 11.4. The minimum Gasteiger partial charge on any atom is -0.482 e. The van der Waals surface area contributed by atoms with Gasteiger partial charge in [-0.15, -0.1) is 15.3 Å². The van der Waals surface area contributed by atoms with Crippen molar-refractivity contribution >= 4 is 56.2 Å². The zero-order valence-electron chi connectivity index (χ0n) is 15.7. The fraction of sp³-hybridized carbons (Fsp3) is 0.158. The summed E-state index contributed by atoms with van der Waals surface area (Å²) in [4.78, 5) is 6.47. The van der Waals surface area contributed by atoms with Crippen LogP contribution in [-0.2, 0) is 4.74 Å². The maximum absolute atomic E-state index is 14.8. The summed E-state index contributed by atoms with van der Waals surface area (Å²) in [5.41, 5.74) is 4.44. The van der Waals surface area contributed by atoms with Crippen LogP contribution in [0.4, 0.5) is 21.6 Å². The summed E-state index contributed by atoms with van der Waals surface area (Å²) in [6.45, 7) is 2.31. The van der Waals surface area contributed by atoms with E-state index >= 15 is 0 Å². The molecule has 0 aliphatic carbocycles. The van der Waals surface area contributed by atoms with Crippen LogP contribution in [-0.4, -0.2) is 39.6 Å². The molecule has 0 radical (unpaired) electrons. The average Bonchev–Trinajstić information content (AvgIpc) is 3.19. The van der Waals surface area contributed by atoms with Crippen molar-refractivity contribution in [3.05, 3.63) is 53.0 Å². The molecule has 0 atom stereocenters. The van der Waals surface area contributed by atoms with E-state index in [1.807, 2.05) is 43.1 Å². The van der Waals surface area contributed by atoms with Crippen molar-refractivity contribution in [3.8, 4) is 0 Å². The van der Waals surface area contributed by atoms with Gasteiger partial charge in [0.2, 0.25) is 0 Å². The molecule has 0 bridgehead atoms. The van der Waals surface area contributed by atoms with E-state index in [1.165, 1.54) is 12.5 Å². The Morgan fingerprint density at radius 1 is 1.34 bits per heavy atom. The Morgan fingerprint density at radius 3 is 3.00 bits per heavy atom. The molecule has 0 spiro atoms. The Hall–Kier alpha value is -3.27. The van der Waals surface area contributed by atoms with E-state index in [1.54, 1.807) is 16.8 Å². The second kappa shape index (κ2) is 8.00. The molecule has 2 heterocycles. The van der Waals surface area contributed by atoms with Crippen molar-refractivity contribution in [1.29, 1.82) is 0 Å². The van der Waals surface area contributed by atoms with E-state index in [2.05, 4.69) is 41.6 Å². The molecule has 4 aromatic rings. The van der Waals surface area contributed by atoms with Crippen LogP contribution in [0.25, 0.3) is 16.7 Å². The van der Waals surface area contributed by atoms with Gasteiger partial charge >= 0.3 is 0 Å². The van der Waals surface area contributed by atoms with E-state index < -0.39 is 5.82 Å². The number of ether oxygens (including phenoxy) is 1. The number of hydrogen-bond acceptors (Lipinski definition) is 7. The molecule has 0 aliphatic heterocycles. The molecule has 29 heavy (non-hydrogen) atoms. The molecule has 4 rings (SSSR count). The molecule has 0 saturated carbocycles. The number of fused-ring (bicyclic) bond motifs is 3. The minimum atomic E-state index is -0.468. The van der Waals surface area contributed by atoms with Gasteiger partial charge in [-0.3, -0.25) is 9.83 Å². The predicted octanol–water partition coefficient (Wildman–Crippen LogP) is 4.34. The zero-order valence-corrected chi connectivity index (χ0v) is 17.3. The first-order valence-corrected chi connectivity index (χ1v) is 9.59. The topological polar surface area (TPSA) is 79.9 Å². The lowest BCUT2D eigenvalue weighted by Crippen LogP contribution is -2.13. The number of halogens is 2. The van der Waals surface area contributed by atoms with E-state index in [0.29, 0.717) is 29.1 Å². The number of nitrogens with one attached hydrogen (secondary N) is 1. The zero-order chi connectivity index (χ0) is 20.4. The molecule has 0 amide bonds. The molecule has 0 saturated heterocycles. The number of anilines is 3. The summed E-state index contributed by atoms with van der Waals surface area (Å²) >= 11 is 3.48. The largest absolute Gasteiger partial charge is 0.482 e. The lowest BCUT2D eigenvalue weighted by atomic mass is 10.2. The van der Waals surface area contributed by atoms with Crippen LogP contribution in [0, 0.1) is 5.82 Å². The van der Waals surface area contributed by atoms with Crippen LogP contribution in [0.5, 0.6) is 0 Å². The Morgan fingerprint density at radius 2 is 2.21 bits per heavy atom. The first-order valence-electron chi connectivity index (χ1n) is 8.80. The van der Waals surface area contributed by atoms with Crippen LogP contribution in [0.1, 0.15) is 6.92 Å². The van der Waals surface area contributed by atoms with Gasteiger partial charge in [0.25, 0.3) is 5.78 Å². The number of benzene rings is 2. The molecular formula is C19H17BrFN7O. The second-order valence-corrected chi connectivity index (χ2v) is 7.04. The van der Waals surface area contributed by atoms with Crippen molar-refractivity contribution in [2.75, 3.05) is 24.0 Å². The van der Waals surface area contributed by atoms with Gasteiger partial charge in [0.1, 0.15) is 18.0 Å². The Labute approximate surface area is 174 Å². The van der Waals surface area contributed by atoms with Gasteiger partial charge in [0.15, 0.2) is 6.40 Å². The average molecular weight is 458 g/mol. The number of aromatic nitrogens is 4. The summed E-state index contributed by atoms with van der Waals surface area (Å²) in [6, 6.07) is 10.8. The standard InChI is InChI=1S/C19H17BrFN7O/c1-3-29-11-23-25-16-9-17-14(8-15(16)21)18(24-19-26-22-10-28(17)19)27(2)13-6-4-5-12(20)7-13/h4-11,25H,3H2,1-2H3/b23-11+. The monoisotopic (exact) mass is 457 g/mol. The van der Waals surface area contributed by atoms with Crippen molar-refractivity contribution in [1.82, 2.24) is 19.6 Å². The van der Waals surface area contributed by atoms with Gasteiger partial charge < -0.3 is 9.64 Å². The molecule has 2 aromatic heterocycles. The highest BCUT2D eigenvalue weighted by atomic mass is 79.9. The summed E-state index contributed by atoms with van der Waals surface area (Å²) in [5.74, 6) is 0.496. The van der Waals surface area contributed by atoms with Gasteiger partial charge in [-0.1, -0.05) is 22.0 Å². The van der Waals surface area contributed by atoms with E-state index in [9.17, 15) is 4.39 Å². The van der Waals surface area contributed by atoms with Gasteiger partial charge in [-0.2, -0.15) is 4.98 Å². The first-order chi connectivity index (χ1) is 14.1. The molecule has 148 valence electrons. The fourth-order valence-electron chi connectivity index (χ4n) is 2.93. The van der Waals surface area contributed by atoms with Gasteiger partial charge in [-0.05, 0) is 37.3 Å². The van der Waals surface area contributed by atoms with Crippen LogP contribution < -0.4 is 10.3 Å². The highest BCUT2D eigenvalue weighted by Crippen LogP contribution is 2.33. The SMILES string of the molecule is CCO/C=N/Nc1cc2c(cc1F)c(N(C)c1cccc(Br)c1)nc1nncn12. The fourth-order valence-corrected chi connectivity index (χ4v) is 3.31. The molecular weight excluding hydrogens is 441 g/mol. The van der Waals surface area contributed by atoms with E-state index in [0.717, 1.165) is 10.2 Å². The van der Waals surface area contributed by atoms with Crippen LogP contribution in [0.15, 0.2) is 52.3 Å². The summed E-state index contributed by atoms with van der Waals surface area (Å²) in [6.07, 6.45) is 2.77. The van der Waals surface area contributed by atoms with Crippen LogP contribution in [0.3, 0.4) is 0 Å². The molecule has 0 unspecified atom stereocenters. The molecule has 8 nitrogen and oxygen atoms in total. The quantitative estimate of drug-likeness (QED) is 0.263. The van der Waals surface area contributed by atoms with Crippen molar-refractivity contribution in [2.45, 2.75) is 6.92 Å². The molecule has 1 N–H and O–H groups in total. The maximum Gasteiger partial charge on any atom is 0.257 e. The number of rotatable bonds is 6. The van der Waals surface area contributed by atoms with E-state index in [4.69, 9.17) is 4.74 Å². The summed E-state index contributed by atoms with van der Waals surface area (Å²) in [5, 5.41) is 12.5. The summed E-state index contributed by atoms with van der Waals surface area (Å²) in [7, 11) is 1.87. The minimum absolute atomic E-state index is 0.200. The Balaban J connectivity index is 1.87.